The van der Waals surface area contributed by atoms with Crippen LogP contribution in [0.4, 0.5) is 0 Å². The Morgan fingerprint density at radius 2 is 2.00 bits per heavy atom. The van der Waals surface area contributed by atoms with Crippen molar-refractivity contribution < 1.29 is 19.7 Å². The van der Waals surface area contributed by atoms with Crippen LogP contribution in [0.2, 0.25) is 0 Å². The van der Waals surface area contributed by atoms with E-state index in [2.05, 4.69) is 15.9 Å². The van der Waals surface area contributed by atoms with Gasteiger partial charge in [0.2, 0.25) is 0 Å². The summed E-state index contributed by atoms with van der Waals surface area (Å²) in [6.07, 6.45) is 1.30. The Hall–Kier alpha value is -0.910. The Morgan fingerprint density at radius 3 is 2.52 bits per heavy atom. The molecule has 0 bridgehead atoms. The molecule has 5 heteroatoms. The number of hydrogen-bond acceptors (Lipinski definition) is 3. The molecule has 2 N–H and O–H groups in total. The molecular formula is C16H21BrO4. The summed E-state index contributed by atoms with van der Waals surface area (Å²) in [6.45, 7) is 2.42. The van der Waals surface area contributed by atoms with Crippen molar-refractivity contribution in [2.75, 3.05) is 13.2 Å². The van der Waals surface area contributed by atoms with Crippen molar-refractivity contribution in [1.82, 2.24) is 0 Å². The molecule has 0 radical (unpaired) electrons. The first-order valence-electron chi connectivity index (χ1n) is 7.27. The smallest absolute Gasteiger partial charge is 0.307 e. The number of aliphatic hydroxyl groups excluding tert-OH is 1. The first-order chi connectivity index (χ1) is 10.1. The van der Waals surface area contributed by atoms with E-state index in [1.807, 2.05) is 31.2 Å². The van der Waals surface area contributed by atoms with Crippen molar-refractivity contribution >= 4 is 21.9 Å². The van der Waals surface area contributed by atoms with Gasteiger partial charge in [-0.05, 0) is 49.3 Å². The van der Waals surface area contributed by atoms with Crippen molar-refractivity contribution in [3.63, 3.8) is 0 Å². The quantitative estimate of drug-likeness (QED) is 0.850. The number of aliphatic hydroxyl groups is 1. The number of carboxylic acids is 1. The van der Waals surface area contributed by atoms with Gasteiger partial charge in [-0.2, -0.15) is 0 Å². The van der Waals surface area contributed by atoms with Gasteiger partial charge in [-0.15, -0.1) is 0 Å². The molecule has 1 saturated carbocycles. The van der Waals surface area contributed by atoms with Crippen LogP contribution >= 0.6 is 15.9 Å². The van der Waals surface area contributed by atoms with Crippen LogP contribution in [0, 0.1) is 11.8 Å². The van der Waals surface area contributed by atoms with E-state index < -0.39 is 11.9 Å². The van der Waals surface area contributed by atoms with Crippen molar-refractivity contribution in [3.05, 3.63) is 34.3 Å². The van der Waals surface area contributed by atoms with Gasteiger partial charge in [0.25, 0.3) is 0 Å². The maximum Gasteiger partial charge on any atom is 0.307 e. The summed E-state index contributed by atoms with van der Waals surface area (Å²) in [5.74, 6) is -1.79. The molecule has 4 nitrogen and oxygen atoms in total. The van der Waals surface area contributed by atoms with Gasteiger partial charge < -0.3 is 14.9 Å². The second-order valence-corrected chi connectivity index (χ2v) is 6.43. The minimum atomic E-state index is -0.836. The van der Waals surface area contributed by atoms with Crippen LogP contribution in [-0.2, 0) is 9.53 Å². The maximum atomic E-state index is 11.7. The monoisotopic (exact) mass is 356 g/mol. The fourth-order valence-electron chi connectivity index (χ4n) is 3.33. The third-order valence-corrected chi connectivity index (χ3v) is 4.77. The second-order valence-electron chi connectivity index (χ2n) is 5.51. The standard InChI is InChI=1S/C16H21BrO4/c1-2-21-13-7-11(9-18)15(16(19)20)14(8-13)10-3-5-12(17)6-4-10/h3-6,11,13-15,18H,2,7-9H2,1H3,(H,19,20)/t11-,13-,14+,15-/m1/s1. The lowest BCUT2D eigenvalue weighted by molar-refractivity contribution is -0.149. The average Bonchev–Trinajstić information content (AvgIpc) is 2.47. The summed E-state index contributed by atoms with van der Waals surface area (Å²) in [5, 5.41) is 19.2. The third kappa shape index (κ3) is 3.84. The lowest BCUT2D eigenvalue weighted by Gasteiger charge is -2.39. The van der Waals surface area contributed by atoms with Crippen molar-refractivity contribution in [2.45, 2.75) is 31.8 Å². The van der Waals surface area contributed by atoms with Crippen LogP contribution in [0.1, 0.15) is 31.2 Å². The number of carbonyl (C=O) groups is 1. The lowest BCUT2D eigenvalue weighted by Crippen LogP contribution is -2.41. The highest BCUT2D eigenvalue weighted by molar-refractivity contribution is 9.10. The largest absolute Gasteiger partial charge is 0.481 e. The van der Waals surface area contributed by atoms with Crippen LogP contribution in [0.5, 0.6) is 0 Å². The Morgan fingerprint density at radius 1 is 1.33 bits per heavy atom. The predicted octanol–water partition coefficient (Wildman–Crippen LogP) is 3.04. The summed E-state index contributed by atoms with van der Waals surface area (Å²) in [4.78, 5) is 11.7. The zero-order chi connectivity index (χ0) is 15.4. The molecule has 0 unspecified atom stereocenters. The molecule has 1 aromatic carbocycles. The molecule has 0 amide bonds. The van der Waals surface area contributed by atoms with Gasteiger partial charge in [-0.3, -0.25) is 4.79 Å². The number of rotatable bonds is 5. The summed E-state index contributed by atoms with van der Waals surface area (Å²) in [5.41, 5.74) is 0.994. The van der Waals surface area contributed by atoms with Gasteiger partial charge in [0.15, 0.2) is 0 Å². The van der Waals surface area contributed by atoms with E-state index in [1.54, 1.807) is 0 Å². The van der Waals surface area contributed by atoms with Crippen molar-refractivity contribution in [2.24, 2.45) is 11.8 Å². The van der Waals surface area contributed by atoms with Crippen LogP contribution < -0.4 is 0 Å². The molecular weight excluding hydrogens is 336 g/mol. The zero-order valence-electron chi connectivity index (χ0n) is 12.0. The van der Waals surface area contributed by atoms with E-state index in [4.69, 9.17) is 4.74 Å². The first-order valence-corrected chi connectivity index (χ1v) is 8.06. The molecule has 2 rings (SSSR count). The minimum absolute atomic E-state index is 0.0106. The van der Waals surface area contributed by atoms with Crippen molar-refractivity contribution in [1.29, 1.82) is 0 Å². The van der Waals surface area contributed by atoms with Crippen molar-refractivity contribution in [3.8, 4) is 0 Å². The van der Waals surface area contributed by atoms with Crippen LogP contribution in [0.25, 0.3) is 0 Å². The van der Waals surface area contributed by atoms with Crippen LogP contribution in [0.15, 0.2) is 28.7 Å². The van der Waals surface area contributed by atoms with Gasteiger partial charge in [0.1, 0.15) is 0 Å². The van der Waals surface area contributed by atoms with Crippen LogP contribution in [0.3, 0.4) is 0 Å². The summed E-state index contributed by atoms with van der Waals surface area (Å²) in [7, 11) is 0. The van der Waals surface area contributed by atoms with Crippen LogP contribution in [-0.4, -0.2) is 35.5 Å². The molecule has 0 saturated heterocycles. The number of aliphatic carboxylic acids is 1. The number of halogens is 1. The molecule has 1 aromatic rings. The topological polar surface area (TPSA) is 66.8 Å². The Bertz CT molecular complexity index is 474. The van der Waals surface area contributed by atoms with Gasteiger partial charge >= 0.3 is 5.97 Å². The number of hydrogen-bond donors (Lipinski definition) is 2. The van der Waals surface area contributed by atoms with E-state index in [1.165, 1.54) is 0 Å². The van der Waals surface area contributed by atoms with Gasteiger partial charge in [0.05, 0.1) is 12.0 Å². The molecule has 1 fully saturated rings. The highest BCUT2D eigenvalue weighted by Gasteiger charge is 2.42. The molecule has 0 heterocycles. The Labute approximate surface area is 133 Å². The molecule has 116 valence electrons. The summed E-state index contributed by atoms with van der Waals surface area (Å²) >= 11 is 3.39. The van der Waals surface area contributed by atoms with Gasteiger partial charge in [-0.25, -0.2) is 0 Å². The van der Waals surface area contributed by atoms with Gasteiger partial charge in [0, 0.05) is 17.7 Å². The number of benzene rings is 1. The predicted molar refractivity (Wildman–Crippen MR) is 83.2 cm³/mol. The number of carboxylic acid groups (broad SMARTS) is 1. The Balaban J connectivity index is 2.31. The minimum Gasteiger partial charge on any atom is -0.481 e. The van der Waals surface area contributed by atoms with E-state index >= 15 is 0 Å². The maximum absolute atomic E-state index is 11.7. The average molecular weight is 357 g/mol. The SMILES string of the molecule is CCO[C@@H]1C[C@H](CO)[C@@H](C(=O)O)[C@H](c2ccc(Br)cc2)C1. The Kier molecular flexibility index (Phi) is 5.79. The first kappa shape index (κ1) is 16.5. The fourth-order valence-corrected chi connectivity index (χ4v) is 3.59. The third-order valence-electron chi connectivity index (χ3n) is 4.24. The molecule has 0 aromatic heterocycles. The second kappa shape index (κ2) is 7.38. The highest BCUT2D eigenvalue weighted by atomic mass is 79.9. The normalized spacial score (nSPS) is 29.3. The number of ether oxygens (including phenoxy) is 1. The summed E-state index contributed by atoms with van der Waals surface area (Å²) < 4.78 is 6.67. The molecule has 0 aliphatic heterocycles. The van der Waals surface area contributed by atoms with E-state index in [9.17, 15) is 15.0 Å². The zero-order valence-corrected chi connectivity index (χ0v) is 13.6. The molecule has 1 aliphatic rings. The molecule has 21 heavy (non-hydrogen) atoms. The summed E-state index contributed by atoms with van der Waals surface area (Å²) in [6, 6.07) is 7.75. The highest BCUT2D eigenvalue weighted by Crippen LogP contribution is 2.42. The van der Waals surface area contributed by atoms with E-state index in [0.717, 1.165) is 10.0 Å². The molecule has 4 atom stereocenters. The van der Waals surface area contributed by atoms with E-state index in [0.29, 0.717) is 19.4 Å². The molecule has 1 aliphatic carbocycles. The lowest BCUT2D eigenvalue weighted by atomic mass is 9.68. The molecule has 0 spiro atoms. The van der Waals surface area contributed by atoms with E-state index in [-0.39, 0.29) is 24.5 Å². The fraction of sp³-hybridized carbons (Fsp3) is 0.562. The van der Waals surface area contributed by atoms with Gasteiger partial charge in [-0.1, -0.05) is 28.1 Å².